The van der Waals surface area contributed by atoms with Crippen molar-refractivity contribution in [1.29, 1.82) is 0 Å². The van der Waals surface area contributed by atoms with E-state index in [9.17, 15) is 4.79 Å². The fourth-order valence-corrected chi connectivity index (χ4v) is 0.626. The van der Waals surface area contributed by atoms with Crippen molar-refractivity contribution in [2.75, 3.05) is 25.2 Å². The summed E-state index contributed by atoms with van der Waals surface area (Å²) in [6.45, 7) is 0.669. The van der Waals surface area contributed by atoms with E-state index in [0.717, 1.165) is 12.3 Å². The molecule has 0 radical (unpaired) electrons. The number of hydrogen-bond donors (Lipinski definition) is 2. The summed E-state index contributed by atoms with van der Waals surface area (Å²) in [5.41, 5.74) is 7.39. The van der Waals surface area contributed by atoms with Gasteiger partial charge in [-0.1, -0.05) is 0 Å². The quantitative estimate of drug-likeness (QED) is 0.405. The van der Waals surface area contributed by atoms with Gasteiger partial charge in [-0.3, -0.25) is 9.63 Å². The van der Waals surface area contributed by atoms with E-state index in [-0.39, 0.29) is 6.61 Å². The van der Waals surface area contributed by atoms with Crippen LogP contribution in [0.4, 0.5) is 0 Å². The van der Waals surface area contributed by atoms with Gasteiger partial charge in [0.05, 0.1) is 0 Å². The van der Waals surface area contributed by atoms with Crippen LogP contribution >= 0.6 is 11.8 Å². The van der Waals surface area contributed by atoms with Gasteiger partial charge in [0.25, 0.3) is 0 Å². The number of primary amides is 1. The van der Waals surface area contributed by atoms with E-state index >= 15 is 0 Å². The number of carbonyl (C=O) groups excluding carboxylic acids is 1. The Labute approximate surface area is 64.4 Å². The van der Waals surface area contributed by atoms with Gasteiger partial charge in [0.1, 0.15) is 6.61 Å². The molecule has 0 aliphatic carbocycles. The number of thioether (sulfide) groups is 1. The molecule has 10 heavy (non-hydrogen) atoms. The Morgan fingerprint density at radius 2 is 2.50 bits per heavy atom. The third kappa shape index (κ3) is 7.74. The Morgan fingerprint density at radius 1 is 1.80 bits per heavy atom. The second kappa shape index (κ2) is 6.85. The molecule has 0 aromatic rings. The molecule has 0 bridgehead atoms. The Balaban J connectivity index is 2.84. The highest BCUT2D eigenvalue weighted by atomic mass is 32.2. The van der Waals surface area contributed by atoms with Crippen molar-refractivity contribution in [2.45, 2.75) is 0 Å². The zero-order valence-electron chi connectivity index (χ0n) is 5.92. The second-order valence-corrected chi connectivity index (χ2v) is 2.63. The number of hydrogen-bond acceptors (Lipinski definition) is 4. The van der Waals surface area contributed by atoms with Crippen LogP contribution in [0.5, 0.6) is 0 Å². The van der Waals surface area contributed by atoms with Gasteiger partial charge in [-0.25, -0.2) is 5.48 Å². The number of nitrogens with one attached hydrogen (secondary N) is 1. The minimum Gasteiger partial charge on any atom is -0.368 e. The molecule has 0 saturated heterocycles. The predicted octanol–water partition coefficient (Wildman–Crippen LogP) is -0.644. The van der Waals surface area contributed by atoms with E-state index < -0.39 is 5.91 Å². The molecule has 0 aromatic carbocycles. The molecule has 4 nitrogen and oxygen atoms in total. The Kier molecular flexibility index (Phi) is 6.68. The molecule has 0 aliphatic heterocycles. The van der Waals surface area contributed by atoms with E-state index in [0.29, 0.717) is 0 Å². The van der Waals surface area contributed by atoms with Gasteiger partial charge in [0, 0.05) is 12.3 Å². The van der Waals surface area contributed by atoms with Crippen molar-refractivity contribution in [3.8, 4) is 0 Å². The van der Waals surface area contributed by atoms with Gasteiger partial charge in [0.2, 0.25) is 5.91 Å². The van der Waals surface area contributed by atoms with Crippen molar-refractivity contribution in [3.63, 3.8) is 0 Å². The van der Waals surface area contributed by atoms with Crippen LogP contribution in [0, 0.1) is 0 Å². The maximum Gasteiger partial charge on any atom is 0.245 e. The van der Waals surface area contributed by atoms with Crippen molar-refractivity contribution in [3.05, 3.63) is 0 Å². The number of rotatable bonds is 6. The summed E-state index contributed by atoms with van der Waals surface area (Å²) in [5, 5.41) is 0. The smallest absolute Gasteiger partial charge is 0.245 e. The molecular formula is C5H12N2O2S. The number of carbonyl (C=O) groups is 1. The molecule has 0 atom stereocenters. The number of nitrogens with two attached hydrogens (primary N) is 1. The Morgan fingerprint density at radius 3 is 3.00 bits per heavy atom. The molecule has 0 heterocycles. The molecule has 3 N–H and O–H groups in total. The van der Waals surface area contributed by atoms with Crippen LogP contribution in [0.2, 0.25) is 0 Å². The Bertz CT molecular complexity index is 99.6. The first-order valence-electron chi connectivity index (χ1n) is 2.89. The minimum atomic E-state index is -0.461. The van der Waals surface area contributed by atoms with Gasteiger partial charge < -0.3 is 5.73 Å². The van der Waals surface area contributed by atoms with E-state index in [4.69, 9.17) is 5.73 Å². The lowest BCUT2D eigenvalue weighted by Crippen LogP contribution is -2.26. The monoisotopic (exact) mass is 164 g/mol. The fourth-order valence-electron chi connectivity index (χ4n) is 0.338. The van der Waals surface area contributed by atoms with Crippen LogP contribution in [0.3, 0.4) is 0 Å². The molecule has 1 amide bonds. The van der Waals surface area contributed by atoms with Crippen LogP contribution in [-0.2, 0) is 9.63 Å². The van der Waals surface area contributed by atoms with E-state index in [2.05, 4.69) is 10.3 Å². The topological polar surface area (TPSA) is 64.3 Å². The van der Waals surface area contributed by atoms with Gasteiger partial charge in [-0.2, -0.15) is 11.8 Å². The number of amides is 1. The molecule has 0 fully saturated rings. The van der Waals surface area contributed by atoms with Crippen LogP contribution in [0.25, 0.3) is 0 Å². The predicted molar refractivity (Wildman–Crippen MR) is 41.5 cm³/mol. The van der Waals surface area contributed by atoms with Crippen molar-refractivity contribution < 1.29 is 9.63 Å². The highest BCUT2D eigenvalue weighted by Gasteiger charge is 1.91. The highest BCUT2D eigenvalue weighted by Crippen LogP contribution is 1.86. The summed E-state index contributed by atoms with van der Waals surface area (Å²) in [5.74, 6) is 0.496. The lowest BCUT2D eigenvalue weighted by molar-refractivity contribution is -0.125. The van der Waals surface area contributed by atoms with Gasteiger partial charge >= 0.3 is 0 Å². The summed E-state index contributed by atoms with van der Waals surface area (Å²) in [6.07, 6.45) is 2.00. The average molecular weight is 164 g/mol. The van der Waals surface area contributed by atoms with E-state index in [1.54, 1.807) is 11.8 Å². The lowest BCUT2D eigenvalue weighted by Gasteiger charge is -2.00. The van der Waals surface area contributed by atoms with Gasteiger partial charge in [-0.15, -0.1) is 0 Å². The first kappa shape index (κ1) is 9.74. The molecule has 60 valence electrons. The summed E-state index contributed by atoms with van der Waals surface area (Å²) in [7, 11) is 0. The zero-order chi connectivity index (χ0) is 7.82. The lowest BCUT2D eigenvalue weighted by atomic mass is 10.7. The molecule has 0 aliphatic rings. The third-order valence-electron chi connectivity index (χ3n) is 0.725. The average Bonchev–Trinajstić information content (AvgIpc) is 1.87. The molecule has 5 heteroatoms. The third-order valence-corrected chi connectivity index (χ3v) is 1.34. The largest absolute Gasteiger partial charge is 0.368 e. The van der Waals surface area contributed by atoms with Crippen molar-refractivity contribution in [2.24, 2.45) is 5.73 Å². The van der Waals surface area contributed by atoms with Crippen LogP contribution in [-0.4, -0.2) is 31.1 Å². The van der Waals surface area contributed by atoms with Gasteiger partial charge in [-0.05, 0) is 6.26 Å². The van der Waals surface area contributed by atoms with Gasteiger partial charge in [0.15, 0.2) is 0 Å². The molecule has 0 aromatic heterocycles. The van der Waals surface area contributed by atoms with Crippen LogP contribution < -0.4 is 11.2 Å². The normalized spacial score (nSPS) is 9.70. The molecular weight excluding hydrogens is 152 g/mol. The van der Waals surface area contributed by atoms with Crippen molar-refractivity contribution in [1.82, 2.24) is 5.48 Å². The summed E-state index contributed by atoms with van der Waals surface area (Å²) >= 11 is 1.70. The van der Waals surface area contributed by atoms with E-state index in [1.807, 2.05) is 6.26 Å². The molecule has 0 rings (SSSR count). The van der Waals surface area contributed by atoms with Crippen LogP contribution in [0.1, 0.15) is 0 Å². The van der Waals surface area contributed by atoms with E-state index in [1.165, 1.54) is 0 Å². The first-order chi connectivity index (χ1) is 4.77. The SMILES string of the molecule is CSCCNOCC(N)=O. The minimum absolute atomic E-state index is 0.0611. The summed E-state index contributed by atoms with van der Waals surface area (Å²) < 4.78 is 0. The molecule has 0 spiro atoms. The summed E-state index contributed by atoms with van der Waals surface area (Å²) in [6, 6.07) is 0. The zero-order valence-corrected chi connectivity index (χ0v) is 6.74. The number of hydroxylamine groups is 1. The molecule has 0 saturated carbocycles. The summed E-state index contributed by atoms with van der Waals surface area (Å²) in [4.78, 5) is 14.7. The first-order valence-corrected chi connectivity index (χ1v) is 4.28. The highest BCUT2D eigenvalue weighted by molar-refractivity contribution is 7.98. The van der Waals surface area contributed by atoms with Crippen LogP contribution in [0.15, 0.2) is 0 Å². The maximum absolute atomic E-state index is 10.1. The molecule has 0 unspecified atom stereocenters. The standard InChI is InChI=1S/C5H12N2O2S/c1-10-3-2-7-9-4-5(6)8/h7H,2-4H2,1H3,(H2,6,8). The second-order valence-electron chi connectivity index (χ2n) is 1.64. The fraction of sp³-hybridized carbons (Fsp3) is 0.800. The Hall–Kier alpha value is -0.260. The maximum atomic E-state index is 10.1. The van der Waals surface area contributed by atoms with Crippen molar-refractivity contribution >= 4 is 17.7 Å².